The van der Waals surface area contributed by atoms with Crippen molar-refractivity contribution < 1.29 is 0 Å². The zero-order chi connectivity index (χ0) is 17.4. The van der Waals surface area contributed by atoms with Gasteiger partial charge in [0.25, 0.3) is 0 Å². The van der Waals surface area contributed by atoms with Crippen molar-refractivity contribution in [2.45, 2.75) is 19.2 Å². The molecule has 0 radical (unpaired) electrons. The molecule has 0 spiro atoms. The van der Waals surface area contributed by atoms with Crippen LogP contribution in [0.1, 0.15) is 27.9 Å². The van der Waals surface area contributed by atoms with Crippen LogP contribution in [-0.2, 0) is 0 Å². The Labute approximate surface area is 160 Å². The summed E-state index contributed by atoms with van der Waals surface area (Å²) in [5.41, 5.74) is 9.38. The Morgan fingerprint density at radius 2 is 1.76 bits per heavy atom. The molecule has 1 aliphatic heterocycles. The van der Waals surface area contributed by atoms with E-state index in [1.807, 2.05) is 18.2 Å². The maximum absolute atomic E-state index is 4.54. The van der Waals surface area contributed by atoms with E-state index >= 15 is 0 Å². The molecule has 0 saturated carbocycles. The zero-order valence-electron chi connectivity index (χ0n) is 14.0. The topological polar surface area (TPSA) is 29.3 Å². The van der Waals surface area contributed by atoms with Gasteiger partial charge in [0.15, 0.2) is 0 Å². The van der Waals surface area contributed by atoms with Crippen LogP contribution >= 0.6 is 27.7 Å². The number of hydrogen-bond donors (Lipinski definition) is 1. The summed E-state index contributed by atoms with van der Waals surface area (Å²) < 4.78 is 3.39. The molecule has 1 aliphatic rings. The second-order valence-electron chi connectivity index (χ2n) is 6.05. The number of aryl methyl sites for hydroxylation is 1. The van der Waals surface area contributed by atoms with E-state index < -0.39 is 0 Å². The fourth-order valence-corrected chi connectivity index (χ4v) is 4.50. The van der Waals surface area contributed by atoms with Gasteiger partial charge in [-0.15, -0.1) is 0 Å². The zero-order valence-corrected chi connectivity index (χ0v) is 16.4. The third-order valence-corrected chi connectivity index (χ3v) is 6.05. The largest absolute Gasteiger partial charge is 0.318 e. The molecular weight excluding hydrogens is 394 g/mol. The van der Waals surface area contributed by atoms with E-state index in [4.69, 9.17) is 0 Å². The minimum absolute atomic E-state index is 0.144. The van der Waals surface area contributed by atoms with Crippen LogP contribution < -0.4 is 5.43 Å². The minimum atomic E-state index is 0.144. The van der Waals surface area contributed by atoms with Crippen LogP contribution in [0.3, 0.4) is 0 Å². The molecule has 2 heterocycles. The number of nitrogens with zero attached hydrogens (tertiary/aromatic N) is 2. The molecule has 1 N–H and O–H groups in total. The van der Waals surface area contributed by atoms with Crippen molar-refractivity contribution in [3.8, 4) is 5.69 Å². The molecule has 0 unspecified atom stereocenters. The van der Waals surface area contributed by atoms with Gasteiger partial charge in [-0.1, -0.05) is 58.0 Å². The molecule has 1 atom stereocenters. The predicted octanol–water partition coefficient (Wildman–Crippen LogP) is 5.55. The van der Waals surface area contributed by atoms with Gasteiger partial charge in [-0.2, -0.15) is 5.10 Å². The molecule has 0 amide bonds. The second-order valence-corrected chi connectivity index (χ2v) is 8.06. The highest BCUT2D eigenvalue weighted by molar-refractivity contribution is 9.10. The van der Waals surface area contributed by atoms with Gasteiger partial charge in [0.05, 0.1) is 0 Å². The van der Waals surface area contributed by atoms with Gasteiger partial charge >= 0.3 is 0 Å². The highest BCUT2D eigenvalue weighted by atomic mass is 79.9. The van der Waals surface area contributed by atoms with E-state index in [1.165, 1.54) is 22.6 Å². The number of hydrazone groups is 1. The van der Waals surface area contributed by atoms with E-state index in [2.05, 4.69) is 87.3 Å². The third kappa shape index (κ3) is 3.14. The third-order valence-electron chi connectivity index (χ3n) is 4.37. The van der Waals surface area contributed by atoms with Gasteiger partial charge < -0.3 is 4.57 Å². The SMILES string of the molecule is Cc1cc([C@H]2NN=C(c3ccccc3)S2)c(C)n1-c1ccc(Br)cc1. The first-order valence-corrected chi connectivity index (χ1v) is 9.81. The lowest BCUT2D eigenvalue weighted by Crippen LogP contribution is -2.08. The van der Waals surface area contributed by atoms with Crippen molar-refractivity contribution in [2.24, 2.45) is 5.10 Å². The van der Waals surface area contributed by atoms with Crippen LogP contribution in [0, 0.1) is 13.8 Å². The van der Waals surface area contributed by atoms with Gasteiger partial charge in [-0.25, -0.2) is 0 Å². The van der Waals surface area contributed by atoms with Crippen LogP contribution in [0.25, 0.3) is 5.69 Å². The van der Waals surface area contributed by atoms with Crippen molar-refractivity contribution in [1.82, 2.24) is 9.99 Å². The molecule has 0 saturated heterocycles. The molecule has 2 aromatic carbocycles. The summed E-state index contributed by atoms with van der Waals surface area (Å²) in [4.78, 5) is 0. The number of thioether (sulfide) groups is 1. The van der Waals surface area contributed by atoms with Gasteiger partial charge in [0, 0.05) is 32.7 Å². The molecule has 5 heteroatoms. The molecular formula is C20H18BrN3S. The monoisotopic (exact) mass is 411 g/mol. The molecule has 0 bridgehead atoms. The Bertz CT molecular complexity index is 930. The summed E-state index contributed by atoms with van der Waals surface area (Å²) in [7, 11) is 0. The summed E-state index contributed by atoms with van der Waals surface area (Å²) in [5.74, 6) is 0. The Hall–Kier alpha value is -1.98. The van der Waals surface area contributed by atoms with Crippen LogP contribution in [0.2, 0.25) is 0 Å². The standard InChI is InChI=1S/C20H18BrN3S/c1-13-12-18(14(2)24(13)17-10-8-16(21)9-11-17)20-23-22-19(25-20)15-6-4-3-5-7-15/h3-12,20,23H,1-2H3/t20-/m0/s1. The highest BCUT2D eigenvalue weighted by Crippen LogP contribution is 2.37. The van der Waals surface area contributed by atoms with E-state index in [0.29, 0.717) is 0 Å². The summed E-state index contributed by atoms with van der Waals surface area (Å²) in [6, 6.07) is 21.0. The molecule has 0 fully saturated rings. The van der Waals surface area contributed by atoms with Crippen molar-refractivity contribution in [2.75, 3.05) is 0 Å². The fraction of sp³-hybridized carbons (Fsp3) is 0.150. The maximum Gasteiger partial charge on any atom is 0.126 e. The normalized spacial score (nSPS) is 16.6. The number of rotatable bonds is 3. The van der Waals surface area contributed by atoms with E-state index in [-0.39, 0.29) is 5.37 Å². The van der Waals surface area contributed by atoms with Crippen molar-refractivity contribution in [3.05, 3.63) is 87.7 Å². The molecule has 3 aromatic rings. The Morgan fingerprint density at radius 3 is 2.48 bits per heavy atom. The summed E-state index contributed by atoms with van der Waals surface area (Å²) in [6.45, 7) is 4.32. The van der Waals surface area contributed by atoms with Gasteiger partial charge in [-0.3, -0.25) is 5.43 Å². The first-order valence-electron chi connectivity index (χ1n) is 8.13. The smallest absolute Gasteiger partial charge is 0.126 e. The highest BCUT2D eigenvalue weighted by Gasteiger charge is 2.26. The summed E-state index contributed by atoms with van der Waals surface area (Å²) in [6.07, 6.45) is 0. The average Bonchev–Trinajstić information content (AvgIpc) is 3.22. The lowest BCUT2D eigenvalue weighted by atomic mass is 10.2. The quantitative estimate of drug-likeness (QED) is 0.611. The molecule has 1 aromatic heterocycles. The van der Waals surface area contributed by atoms with Crippen LogP contribution in [0.15, 0.2) is 70.2 Å². The number of nitrogens with one attached hydrogen (secondary N) is 1. The van der Waals surface area contributed by atoms with E-state index in [9.17, 15) is 0 Å². The number of halogens is 1. The summed E-state index contributed by atoms with van der Waals surface area (Å²) in [5, 5.41) is 5.73. The molecule has 0 aliphatic carbocycles. The Balaban J connectivity index is 1.63. The second kappa shape index (κ2) is 6.73. The van der Waals surface area contributed by atoms with Crippen molar-refractivity contribution in [1.29, 1.82) is 0 Å². The molecule has 3 nitrogen and oxygen atoms in total. The maximum atomic E-state index is 4.54. The van der Waals surface area contributed by atoms with Crippen LogP contribution in [0.4, 0.5) is 0 Å². The van der Waals surface area contributed by atoms with Gasteiger partial charge in [0.2, 0.25) is 0 Å². The van der Waals surface area contributed by atoms with E-state index in [0.717, 1.165) is 15.1 Å². The van der Waals surface area contributed by atoms with Crippen molar-refractivity contribution >= 4 is 32.7 Å². The minimum Gasteiger partial charge on any atom is -0.318 e. The fourth-order valence-electron chi connectivity index (χ4n) is 3.17. The lowest BCUT2D eigenvalue weighted by Gasteiger charge is -2.12. The Kier molecular flexibility index (Phi) is 4.44. The first kappa shape index (κ1) is 16.5. The number of benzene rings is 2. The number of aromatic nitrogens is 1. The average molecular weight is 412 g/mol. The van der Waals surface area contributed by atoms with Crippen LogP contribution in [0.5, 0.6) is 0 Å². The number of hydrogen-bond acceptors (Lipinski definition) is 3. The molecule has 4 rings (SSSR count). The van der Waals surface area contributed by atoms with Gasteiger partial charge in [0.1, 0.15) is 10.4 Å². The molecule has 126 valence electrons. The van der Waals surface area contributed by atoms with Crippen LogP contribution in [-0.4, -0.2) is 9.61 Å². The predicted molar refractivity (Wildman–Crippen MR) is 109 cm³/mol. The van der Waals surface area contributed by atoms with E-state index in [1.54, 1.807) is 11.8 Å². The lowest BCUT2D eigenvalue weighted by molar-refractivity contribution is 0.737. The van der Waals surface area contributed by atoms with Gasteiger partial charge in [-0.05, 0) is 44.2 Å². The first-order chi connectivity index (χ1) is 12.1. The van der Waals surface area contributed by atoms with Crippen molar-refractivity contribution in [3.63, 3.8) is 0 Å². The summed E-state index contributed by atoms with van der Waals surface area (Å²) >= 11 is 5.27. The molecule has 25 heavy (non-hydrogen) atoms. The Morgan fingerprint density at radius 1 is 1.04 bits per heavy atom.